The summed E-state index contributed by atoms with van der Waals surface area (Å²) in [6, 6.07) is 10.3. The summed E-state index contributed by atoms with van der Waals surface area (Å²) in [7, 11) is 0. The molecule has 0 bridgehead atoms. The molecule has 0 spiro atoms. The number of rotatable bonds is 4. The van der Waals surface area contributed by atoms with Crippen LogP contribution in [-0.2, 0) is 0 Å². The summed E-state index contributed by atoms with van der Waals surface area (Å²) in [4.78, 5) is 14.6. The Morgan fingerprint density at radius 1 is 1.23 bits per heavy atom. The largest absolute Gasteiger partial charge is 0.301 e. The molecule has 0 radical (unpaired) electrons. The monoisotopic (exact) mass is 378 g/mol. The summed E-state index contributed by atoms with van der Waals surface area (Å²) in [5.41, 5.74) is 0.659. The summed E-state index contributed by atoms with van der Waals surface area (Å²) >= 11 is 4.39. The number of benzene rings is 1. The van der Waals surface area contributed by atoms with Crippen LogP contribution in [0.4, 0.5) is 5.69 Å². The lowest BCUT2D eigenvalue weighted by Crippen LogP contribution is -1.99. The van der Waals surface area contributed by atoms with Gasteiger partial charge in [0.2, 0.25) is 5.16 Å². The fourth-order valence-electron chi connectivity index (χ4n) is 1.67. The summed E-state index contributed by atoms with van der Waals surface area (Å²) in [6.07, 6.45) is 1.49. The molecule has 0 unspecified atom stereocenters. The maximum atomic E-state index is 11.0. The van der Waals surface area contributed by atoms with Gasteiger partial charge in [-0.3, -0.25) is 10.1 Å². The fraction of sp³-hybridized carbons (Fsp3) is 0. The van der Waals surface area contributed by atoms with Crippen LogP contribution in [0.5, 0.6) is 0 Å². The molecule has 0 amide bonds. The van der Waals surface area contributed by atoms with Gasteiger partial charge in [0.1, 0.15) is 0 Å². The van der Waals surface area contributed by atoms with Crippen molar-refractivity contribution < 1.29 is 4.92 Å². The first kappa shape index (κ1) is 14.6. The second kappa shape index (κ2) is 6.20. The number of hydrogen-bond acceptors (Lipinski definition) is 7. The molecule has 0 saturated heterocycles. The maximum Gasteiger partial charge on any atom is 0.301 e. The Morgan fingerprint density at radius 3 is 2.73 bits per heavy atom. The first-order chi connectivity index (χ1) is 10.6. The first-order valence-electron chi connectivity index (χ1n) is 5.97. The van der Waals surface area contributed by atoms with E-state index in [0.717, 1.165) is 21.9 Å². The van der Waals surface area contributed by atoms with Crippen LogP contribution in [0.1, 0.15) is 0 Å². The third kappa shape index (κ3) is 2.97. The van der Waals surface area contributed by atoms with Crippen molar-refractivity contribution in [1.82, 2.24) is 25.2 Å². The first-order valence-corrected chi connectivity index (χ1v) is 7.57. The van der Waals surface area contributed by atoms with Crippen LogP contribution in [0.2, 0.25) is 0 Å². The number of hydrogen-bond donors (Lipinski definition) is 0. The van der Waals surface area contributed by atoms with Gasteiger partial charge in [-0.05, 0) is 52.5 Å². The van der Waals surface area contributed by atoms with Crippen molar-refractivity contribution in [3.63, 3.8) is 0 Å². The number of aromatic nitrogens is 5. The predicted molar refractivity (Wildman–Crippen MR) is 81.9 cm³/mol. The maximum absolute atomic E-state index is 11.0. The number of nitro groups is 1. The number of halogens is 1. The Morgan fingerprint density at radius 2 is 2.00 bits per heavy atom. The third-order valence-electron chi connectivity index (χ3n) is 2.65. The molecule has 0 aliphatic heterocycles. The van der Waals surface area contributed by atoms with Crippen LogP contribution in [0.15, 0.2) is 57.3 Å². The lowest BCUT2D eigenvalue weighted by Gasteiger charge is -2.04. The zero-order valence-corrected chi connectivity index (χ0v) is 13.2. The molecule has 0 fully saturated rings. The molecule has 0 N–H and O–H groups in total. The van der Waals surface area contributed by atoms with Gasteiger partial charge in [0.25, 0.3) is 0 Å². The SMILES string of the molecule is O=[N+]([O-])c1cccnc1Sc1nnnn1-c1ccc(Br)cc1. The lowest BCUT2D eigenvalue weighted by atomic mass is 10.3. The second-order valence-corrected chi connectivity index (χ2v) is 5.91. The van der Waals surface area contributed by atoms with E-state index >= 15 is 0 Å². The highest BCUT2D eigenvalue weighted by Gasteiger charge is 2.19. The molecule has 10 heteroatoms. The molecule has 3 aromatic rings. The molecular weight excluding hydrogens is 372 g/mol. The molecule has 22 heavy (non-hydrogen) atoms. The summed E-state index contributed by atoms with van der Waals surface area (Å²) in [6.45, 7) is 0. The van der Waals surface area contributed by atoms with Crippen LogP contribution >= 0.6 is 27.7 Å². The van der Waals surface area contributed by atoms with Crippen molar-refractivity contribution in [3.05, 3.63) is 57.2 Å². The minimum Gasteiger partial charge on any atom is -0.258 e. The Hall–Kier alpha value is -2.33. The number of nitrogens with zero attached hydrogens (tertiary/aromatic N) is 6. The lowest BCUT2D eigenvalue weighted by molar-refractivity contribution is -0.388. The van der Waals surface area contributed by atoms with Gasteiger partial charge in [0.05, 0.1) is 10.6 Å². The van der Waals surface area contributed by atoms with Crippen molar-refractivity contribution in [2.24, 2.45) is 0 Å². The smallest absolute Gasteiger partial charge is 0.258 e. The van der Waals surface area contributed by atoms with Crippen LogP contribution in [-0.4, -0.2) is 30.1 Å². The van der Waals surface area contributed by atoms with Gasteiger partial charge in [-0.25, -0.2) is 4.98 Å². The van der Waals surface area contributed by atoms with Crippen LogP contribution < -0.4 is 0 Å². The summed E-state index contributed by atoms with van der Waals surface area (Å²) in [5.74, 6) is 0. The van der Waals surface area contributed by atoms with Crippen molar-refractivity contribution >= 4 is 33.4 Å². The number of tetrazole rings is 1. The van der Waals surface area contributed by atoms with Crippen molar-refractivity contribution in [2.75, 3.05) is 0 Å². The Bertz CT molecular complexity index is 822. The van der Waals surface area contributed by atoms with E-state index in [9.17, 15) is 10.1 Å². The van der Waals surface area contributed by atoms with Crippen molar-refractivity contribution in [1.29, 1.82) is 0 Å². The van der Waals surface area contributed by atoms with Gasteiger partial charge >= 0.3 is 5.69 Å². The average molecular weight is 379 g/mol. The van der Waals surface area contributed by atoms with Crippen molar-refractivity contribution in [2.45, 2.75) is 10.2 Å². The zero-order valence-electron chi connectivity index (χ0n) is 10.8. The highest BCUT2D eigenvalue weighted by molar-refractivity contribution is 9.10. The topological polar surface area (TPSA) is 99.6 Å². The molecular formula is C12H7BrN6O2S. The minimum atomic E-state index is -0.483. The van der Waals surface area contributed by atoms with E-state index in [-0.39, 0.29) is 10.7 Å². The molecule has 2 heterocycles. The summed E-state index contributed by atoms with van der Waals surface area (Å²) < 4.78 is 2.43. The Labute approximate surface area is 136 Å². The van der Waals surface area contributed by atoms with E-state index < -0.39 is 4.92 Å². The molecule has 0 saturated carbocycles. The van der Waals surface area contributed by atoms with E-state index in [4.69, 9.17) is 0 Å². The molecule has 8 nitrogen and oxygen atoms in total. The van der Waals surface area contributed by atoms with Gasteiger partial charge in [-0.15, -0.1) is 5.10 Å². The van der Waals surface area contributed by atoms with E-state index in [1.165, 1.54) is 23.0 Å². The predicted octanol–water partition coefficient (Wildman–Crippen LogP) is 2.88. The fourth-order valence-corrected chi connectivity index (χ4v) is 2.78. The highest BCUT2D eigenvalue weighted by atomic mass is 79.9. The molecule has 1 aromatic carbocycles. The van der Waals surface area contributed by atoms with E-state index in [1.807, 2.05) is 24.3 Å². The molecule has 110 valence electrons. The van der Waals surface area contributed by atoms with E-state index in [1.54, 1.807) is 0 Å². The molecule has 0 atom stereocenters. The van der Waals surface area contributed by atoms with Gasteiger partial charge in [-0.2, -0.15) is 4.68 Å². The average Bonchev–Trinajstić information content (AvgIpc) is 2.96. The van der Waals surface area contributed by atoms with Crippen LogP contribution in [0.25, 0.3) is 5.69 Å². The third-order valence-corrected chi connectivity index (χ3v) is 4.12. The zero-order chi connectivity index (χ0) is 15.5. The standard InChI is InChI=1S/C12H7BrN6O2S/c13-8-3-5-9(6-4-8)18-12(15-16-17-18)22-11-10(19(20)21)2-1-7-14-11/h1-7H. The Kier molecular flexibility index (Phi) is 4.11. The Balaban J connectivity index is 1.97. The van der Waals surface area contributed by atoms with E-state index in [0.29, 0.717) is 5.16 Å². The molecule has 0 aliphatic rings. The second-order valence-electron chi connectivity index (χ2n) is 4.04. The van der Waals surface area contributed by atoms with E-state index in [2.05, 4.69) is 36.4 Å². The molecule has 2 aromatic heterocycles. The van der Waals surface area contributed by atoms with Gasteiger partial charge < -0.3 is 0 Å². The summed E-state index contributed by atoms with van der Waals surface area (Å²) in [5, 5.41) is 23.1. The molecule has 0 aliphatic carbocycles. The van der Waals surface area contributed by atoms with Crippen LogP contribution in [0, 0.1) is 10.1 Å². The normalized spacial score (nSPS) is 10.6. The van der Waals surface area contributed by atoms with Crippen LogP contribution in [0.3, 0.4) is 0 Å². The number of pyridine rings is 1. The minimum absolute atomic E-state index is 0.0853. The quantitative estimate of drug-likeness (QED) is 0.508. The van der Waals surface area contributed by atoms with Crippen molar-refractivity contribution in [3.8, 4) is 5.69 Å². The van der Waals surface area contributed by atoms with Gasteiger partial charge in [0, 0.05) is 16.7 Å². The molecule has 3 rings (SSSR count). The highest BCUT2D eigenvalue weighted by Crippen LogP contribution is 2.32. The van der Waals surface area contributed by atoms with Gasteiger partial charge in [0.15, 0.2) is 5.03 Å². The van der Waals surface area contributed by atoms with Gasteiger partial charge in [-0.1, -0.05) is 15.9 Å².